The molecule has 0 unspecified atom stereocenters. The van der Waals surface area contributed by atoms with Crippen molar-refractivity contribution < 1.29 is 9.90 Å². The predicted molar refractivity (Wildman–Crippen MR) is 81.8 cm³/mol. The largest absolute Gasteiger partial charge is 0.478 e. The van der Waals surface area contributed by atoms with Crippen molar-refractivity contribution in [2.75, 3.05) is 18.5 Å². The molecule has 21 heavy (non-hydrogen) atoms. The van der Waals surface area contributed by atoms with E-state index in [0.29, 0.717) is 12.2 Å². The van der Waals surface area contributed by atoms with Gasteiger partial charge in [0.15, 0.2) is 0 Å². The predicted octanol–water partition coefficient (Wildman–Crippen LogP) is 2.42. The van der Waals surface area contributed by atoms with Gasteiger partial charge in [0, 0.05) is 37.6 Å². The van der Waals surface area contributed by atoms with Gasteiger partial charge in [0.2, 0.25) is 0 Å². The van der Waals surface area contributed by atoms with Gasteiger partial charge in [-0.15, -0.1) is 0 Å². The SMILES string of the molecule is CCc1cc(C(=O)O)cc(N(C)CCc2ccccn2)n1. The van der Waals surface area contributed by atoms with Crippen molar-refractivity contribution in [3.05, 3.63) is 53.5 Å². The summed E-state index contributed by atoms with van der Waals surface area (Å²) in [4.78, 5) is 21.9. The Balaban J connectivity index is 2.12. The van der Waals surface area contributed by atoms with Crippen LogP contribution in [-0.4, -0.2) is 34.6 Å². The van der Waals surface area contributed by atoms with E-state index < -0.39 is 5.97 Å². The summed E-state index contributed by atoms with van der Waals surface area (Å²) >= 11 is 0. The fraction of sp³-hybridized carbons (Fsp3) is 0.312. The van der Waals surface area contributed by atoms with E-state index in [-0.39, 0.29) is 5.56 Å². The highest BCUT2D eigenvalue weighted by atomic mass is 16.4. The summed E-state index contributed by atoms with van der Waals surface area (Å²) in [6.07, 6.45) is 3.27. The van der Waals surface area contributed by atoms with Crippen molar-refractivity contribution in [1.29, 1.82) is 0 Å². The summed E-state index contributed by atoms with van der Waals surface area (Å²) in [6, 6.07) is 9.06. The molecule has 1 N–H and O–H groups in total. The van der Waals surface area contributed by atoms with Crippen molar-refractivity contribution in [2.24, 2.45) is 0 Å². The van der Waals surface area contributed by atoms with Gasteiger partial charge in [0.25, 0.3) is 0 Å². The van der Waals surface area contributed by atoms with Crippen molar-refractivity contribution in [3.8, 4) is 0 Å². The Morgan fingerprint density at radius 1 is 1.29 bits per heavy atom. The molecule has 0 aliphatic rings. The average Bonchev–Trinajstić information content (AvgIpc) is 2.53. The Morgan fingerprint density at radius 2 is 2.10 bits per heavy atom. The molecule has 0 atom stereocenters. The number of carbonyl (C=O) groups is 1. The zero-order valence-electron chi connectivity index (χ0n) is 12.3. The van der Waals surface area contributed by atoms with Crippen molar-refractivity contribution in [2.45, 2.75) is 19.8 Å². The first-order valence-electron chi connectivity index (χ1n) is 6.95. The average molecular weight is 285 g/mol. The second-order valence-electron chi connectivity index (χ2n) is 4.86. The van der Waals surface area contributed by atoms with Crippen molar-refractivity contribution in [3.63, 3.8) is 0 Å². The van der Waals surface area contributed by atoms with Crippen molar-refractivity contribution >= 4 is 11.8 Å². The van der Waals surface area contributed by atoms with Crippen LogP contribution in [0.1, 0.15) is 28.7 Å². The number of aromatic nitrogens is 2. The van der Waals surface area contributed by atoms with E-state index in [9.17, 15) is 4.79 Å². The van der Waals surface area contributed by atoms with Crippen LogP contribution in [0.15, 0.2) is 36.5 Å². The van der Waals surface area contributed by atoms with E-state index in [0.717, 1.165) is 24.4 Å². The molecule has 5 nitrogen and oxygen atoms in total. The third kappa shape index (κ3) is 4.02. The fourth-order valence-corrected chi connectivity index (χ4v) is 2.01. The topological polar surface area (TPSA) is 66.3 Å². The standard InChI is InChI=1S/C16H19N3O2/c1-3-13-10-12(16(20)21)11-15(18-13)19(2)9-7-14-6-4-5-8-17-14/h4-6,8,10-11H,3,7,9H2,1-2H3,(H,20,21). The van der Waals surface area contributed by atoms with Gasteiger partial charge >= 0.3 is 5.97 Å². The van der Waals surface area contributed by atoms with E-state index in [2.05, 4.69) is 9.97 Å². The van der Waals surface area contributed by atoms with Crippen LogP contribution in [-0.2, 0) is 12.8 Å². The number of aryl methyl sites for hydroxylation is 1. The number of likely N-dealkylation sites (N-methyl/N-ethyl adjacent to an activating group) is 1. The number of hydrogen-bond acceptors (Lipinski definition) is 4. The molecule has 0 aliphatic heterocycles. The molecule has 2 aromatic rings. The molecule has 2 heterocycles. The van der Waals surface area contributed by atoms with E-state index >= 15 is 0 Å². The molecule has 0 fully saturated rings. The van der Waals surface area contributed by atoms with Gasteiger partial charge in [0.05, 0.1) is 5.56 Å². The number of anilines is 1. The zero-order chi connectivity index (χ0) is 15.2. The van der Waals surface area contributed by atoms with Crippen LogP contribution in [0, 0.1) is 0 Å². The van der Waals surface area contributed by atoms with Crippen LogP contribution in [0.4, 0.5) is 5.82 Å². The first-order chi connectivity index (χ1) is 10.1. The third-order valence-corrected chi connectivity index (χ3v) is 3.29. The Bertz CT molecular complexity index is 614. The van der Waals surface area contributed by atoms with Gasteiger partial charge in [-0.3, -0.25) is 4.98 Å². The number of nitrogens with zero attached hydrogens (tertiary/aromatic N) is 3. The number of rotatable bonds is 6. The first kappa shape index (κ1) is 15.0. The lowest BCUT2D eigenvalue weighted by molar-refractivity contribution is 0.0696. The lowest BCUT2D eigenvalue weighted by Gasteiger charge is -2.19. The quantitative estimate of drug-likeness (QED) is 0.883. The highest BCUT2D eigenvalue weighted by Gasteiger charge is 2.11. The van der Waals surface area contributed by atoms with Crippen LogP contribution in [0.2, 0.25) is 0 Å². The maximum atomic E-state index is 11.2. The summed E-state index contributed by atoms with van der Waals surface area (Å²) in [5.41, 5.74) is 2.07. The van der Waals surface area contributed by atoms with Gasteiger partial charge in [-0.05, 0) is 30.7 Å². The van der Waals surface area contributed by atoms with Gasteiger partial charge in [-0.1, -0.05) is 13.0 Å². The molecule has 0 saturated carbocycles. The summed E-state index contributed by atoms with van der Waals surface area (Å²) in [7, 11) is 1.91. The highest BCUT2D eigenvalue weighted by molar-refractivity contribution is 5.88. The highest BCUT2D eigenvalue weighted by Crippen LogP contribution is 2.15. The molecular formula is C16H19N3O2. The van der Waals surface area contributed by atoms with E-state index in [4.69, 9.17) is 5.11 Å². The van der Waals surface area contributed by atoms with Crippen molar-refractivity contribution in [1.82, 2.24) is 9.97 Å². The second kappa shape index (κ2) is 6.83. The molecule has 110 valence electrons. The van der Waals surface area contributed by atoms with Crippen LogP contribution in [0.5, 0.6) is 0 Å². The summed E-state index contributed by atoms with van der Waals surface area (Å²) < 4.78 is 0. The maximum absolute atomic E-state index is 11.2. The van der Waals surface area contributed by atoms with Gasteiger partial charge in [-0.25, -0.2) is 9.78 Å². The monoisotopic (exact) mass is 285 g/mol. The van der Waals surface area contributed by atoms with Crippen LogP contribution in [0.25, 0.3) is 0 Å². The summed E-state index contributed by atoms with van der Waals surface area (Å²) in [6.45, 7) is 2.70. The smallest absolute Gasteiger partial charge is 0.335 e. The Morgan fingerprint density at radius 3 is 2.71 bits per heavy atom. The molecule has 0 aromatic carbocycles. The van der Waals surface area contributed by atoms with E-state index in [1.807, 2.05) is 37.1 Å². The third-order valence-electron chi connectivity index (χ3n) is 3.29. The fourth-order valence-electron chi connectivity index (χ4n) is 2.01. The number of carboxylic acids is 1. The minimum atomic E-state index is -0.925. The Kier molecular flexibility index (Phi) is 4.87. The molecule has 0 spiro atoms. The normalized spacial score (nSPS) is 10.4. The Labute approximate surface area is 124 Å². The lowest BCUT2D eigenvalue weighted by atomic mass is 10.2. The number of pyridine rings is 2. The molecule has 2 aromatic heterocycles. The number of aromatic carboxylic acids is 1. The van der Waals surface area contributed by atoms with Gasteiger partial charge < -0.3 is 10.0 Å². The molecule has 0 amide bonds. The maximum Gasteiger partial charge on any atom is 0.335 e. The summed E-state index contributed by atoms with van der Waals surface area (Å²) in [5, 5.41) is 9.16. The van der Waals surface area contributed by atoms with E-state index in [1.165, 1.54) is 0 Å². The first-order valence-corrected chi connectivity index (χ1v) is 6.95. The van der Waals surface area contributed by atoms with Crippen LogP contribution >= 0.6 is 0 Å². The number of carboxylic acid groups (broad SMARTS) is 1. The van der Waals surface area contributed by atoms with Gasteiger partial charge in [-0.2, -0.15) is 0 Å². The van der Waals surface area contributed by atoms with Gasteiger partial charge in [0.1, 0.15) is 5.82 Å². The molecular weight excluding hydrogens is 266 g/mol. The lowest BCUT2D eigenvalue weighted by Crippen LogP contribution is -2.22. The van der Waals surface area contributed by atoms with E-state index in [1.54, 1.807) is 18.3 Å². The minimum Gasteiger partial charge on any atom is -0.478 e. The van der Waals surface area contributed by atoms with Crippen LogP contribution in [0.3, 0.4) is 0 Å². The number of hydrogen-bond donors (Lipinski definition) is 1. The molecule has 2 rings (SSSR count). The Hall–Kier alpha value is -2.43. The molecule has 5 heteroatoms. The molecule has 0 bridgehead atoms. The summed E-state index contributed by atoms with van der Waals surface area (Å²) in [5.74, 6) is -0.242. The minimum absolute atomic E-state index is 0.279. The van der Waals surface area contributed by atoms with Crippen LogP contribution < -0.4 is 4.90 Å². The second-order valence-corrected chi connectivity index (χ2v) is 4.86. The molecule has 0 aliphatic carbocycles. The molecule has 0 radical (unpaired) electrons. The molecule has 0 saturated heterocycles. The zero-order valence-corrected chi connectivity index (χ0v) is 12.3.